The molecule has 3 aromatic rings. The van der Waals surface area contributed by atoms with Crippen LogP contribution >= 0.6 is 15.9 Å². The summed E-state index contributed by atoms with van der Waals surface area (Å²) in [6.07, 6.45) is 0. The number of nitrogens with zero attached hydrogens (tertiary/aromatic N) is 1. The number of aryl methyl sites for hydroxylation is 2. The molecule has 5 heteroatoms. The van der Waals surface area contributed by atoms with Gasteiger partial charge < -0.3 is 14.7 Å². The Kier molecular flexibility index (Phi) is 3.37. The molecule has 0 spiro atoms. The minimum atomic E-state index is 0.301. The van der Waals surface area contributed by atoms with Crippen molar-refractivity contribution in [1.82, 2.24) is 5.16 Å². The summed E-state index contributed by atoms with van der Waals surface area (Å²) in [5, 5.41) is 4.16. The van der Waals surface area contributed by atoms with Gasteiger partial charge >= 0.3 is 0 Å². The van der Waals surface area contributed by atoms with E-state index < -0.39 is 0 Å². The van der Waals surface area contributed by atoms with Gasteiger partial charge in [0.05, 0.1) is 5.56 Å². The Morgan fingerprint density at radius 3 is 2.38 bits per heavy atom. The summed E-state index contributed by atoms with van der Waals surface area (Å²) in [5.74, 6) is 1.99. The lowest BCUT2D eigenvalue weighted by atomic mass is 9.98. The van der Waals surface area contributed by atoms with Crippen LogP contribution in [-0.2, 0) is 0 Å². The molecule has 0 bridgehead atoms. The van der Waals surface area contributed by atoms with Crippen molar-refractivity contribution in [3.63, 3.8) is 0 Å². The Morgan fingerprint density at radius 2 is 1.76 bits per heavy atom. The van der Waals surface area contributed by atoms with Crippen molar-refractivity contribution in [3.05, 3.63) is 45.8 Å². The van der Waals surface area contributed by atoms with E-state index in [0.29, 0.717) is 11.6 Å². The predicted molar refractivity (Wildman–Crippen MR) is 86.0 cm³/mol. The Hall–Kier alpha value is -2.01. The van der Waals surface area contributed by atoms with Crippen LogP contribution in [0.1, 0.15) is 17.1 Å². The van der Waals surface area contributed by atoms with Gasteiger partial charge in [-0.3, -0.25) is 0 Å². The number of furan rings is 1. The Balaban J connectivity index is 2.30. The van der Waals surface area contributed by atoms with Crippen molar-refractivity contribution in [1.29, 1.82) is 0 Å². The Morgan fingerprint density at radius 1 is 1.05 bits per heavy atom. The number of benzene rings is 1. The van der Waals surface area contributed by atoms with Crippen LogP contribution in [0, 0.1) is 20.8 Å². The van der Waals surface area contributed by atoms with E-state index in [1.807, 2.05) is 45.0 Å². The molecule has 0 fully saturated rings. The molecule has 1 aromatic carbocycles. The largest absolute Gasteiger partial charge is 0.466 e. The fourth-order valence-electron chi connectivity index (χ4n) is 2.54. The third-order valence-corrected chi connectivity index (χ3v) is 4.35. The minimum absolute atomic E-state index is 0.301. The lowest BCUT2D eigenvalue weighted by Gasteiger charge is -2.05. The number of nitrogens with two attached hydrogens (primary N) is 1. The van der Waals surface area contributed by atoms with E-state index in [4.69, 9.17) is 14.7 Å². The van der Waals surface area contributed by atoms with Gasteiger partial charge in [-0.2, -0.15) is 0 Å². The topological polar surface area (TPSA) is 65.2 Å². The molecule has 0 aliphatic carbocycles. The minimum Gasteiger partial charge on any atom is -0.466 e. The van der Waals surface area contributed by atoms with Crippen molar-refractivity contribution >= 4 is 21.8 Å². The maximum absolute atomic E-state index is 6.01. The number of rotatable bonds is 2. The van der Waals surface area contributed by atoms with Crippen molar-refractivity contribution < 1.29 is 8.94 Å². The fraction of sp³-hybridized carbons (Fsp3) is 0.188. The van der Waals surface area contributed by atoms with Gasteiger partial charge in [0.2, 0.25) is 5.88 Å². The number of halogens is 1. The van der Waals surface area contributed by atoms with E-state index in [-0.39, 0.29) is 0 Å². The summed E-state index contributed by atoms with van der Waals surface area (Å²) >= 11 is 3.55. The molecule has 3 rings (SSSR count). The molecular weight excluding hydrogens is 332 g/mol. The Bertz CT molecular complexity index is 818. The van der Waals surface area contributed by atoms with Gasteiger partial charge in [-0.1, -0.05) is 39.3 Å². The zero-order valence-corrected chi connectivity index (χ0v) is 13.6. The van der Waals surface area contributed by atoms with E-state index >= 15 is 0 Å². The van der Waals surface area contributed by atoms with Crippen LogP contribution in [0.5, 0.6) is 0 Å². The molecule has 0 aliphatic heterocycles. The van der Waals surface area contributed by atoms with Gasteiger partial charge in [0.25, 0.3) is 0 Å². The van der Waals surface area contributed by atoms with E-state index in [9.17, 15) is 0 Å². The third-order valence-electron chi connectivity index (χ3n) is 3.66. The van der Waals surface area contributed by atoms with Crippen LogP contribution in [0.25, 0.3) is 22.4 Å². The van der Waals surface area contributed by atoms with Crippen molar-refractivity contribution in [2.24, 2.45) is 0 Å². The van der Waals surface area contributed by atoms with Gasteiger partial charge in [-0.15, -0.1) is 0 Å². The lowest BCUT2D eigenvalue weighted by Crippen LogP contribution is -1.90. The maximum atomic E-state index is 6.01. The van der Waals surface area contributed by atoms with Gasteiger partial charge in [-0.05, 0) is 32.4 Å². The molecule has 0 saturated heterocycles. The van der Waals surface area contributed by atoms with Crippen LogP contribution in [0.2, 0.25) is 0 Å². The number of aromatic nitrogens is 1. The summed E-state index contributed by atoms with van der Waals surface area (Å²) in [4.78, 5) is 0. The molecule has 2 heterocycles. The molecule has 0 unspecified atom stereocenters. The second-order valence-corrected chi connectivity index (χ2v) is 5.82. The summed E-state index contributed by atoms with van der Waals surface area (Å²) in [6.45, 7) is 5.87. The molecule has 2 N–H and O–H groups in total. The lowest BCUT2D eigenvalue weighted by molar-refractivity contribution is 0.439. The predicted octanol–water partition coefficient (Wildman–Crippen LogP) is 4.87. The quantitative estimate of drug-likeness (QED) is 0.718. The standard InChI is InChI=1S/C16H15BrN2O2/c1-8-9(2)20-10(3)13(8)15-14(16(18)21-19-15)11-6-4-5-7-12(11)17/h4-7H,18H2,1-3H3. The highest BCUT2D eigenvalue weighted by molar-refractivity contribution is 9.10. The molecule has 0 aliphatic rings. The second kappa shape index (κ2) is 5.07. The molecule has 0 amide bonds. The monoisotopic (exact) mass is 346 g/mol. The Labute approximate surface area is 131 Å². The van der Waals surface area contributed by atoms with Crippen LogP contribution in [-0.4, -0.2) is 5.16 Å². The van der Waals surface area contributed by atoms with E-state index in [1.165, 1.54) is 0 Å². The van der Waals surface area contributed by atoms with E-state index in [0.717, 1.165) is 38.2 Å². The number of anilines is 1. The van der Waals surface area contributed by atoms with E-state index in [2.05, 4.69) is 21.1 Å². The van der Waals surface area contributed by atoms with Gasteiger partial charge in [0.1, 0.15) is 17.2 Å². The zero-order valence-electron chi connectivity index (χ0n) is 12.0. The van der Waals surface area contributed by atoms with Crippen LogP contribution in [0.15, 0.2) is 37.7 Å². The normalized spacial score (nSPS) is 11.0. The molecule has 21 heavy (non-hydrogen) atoms. The molecule has 4 nitrogen and oxygen atoms in total. The van der Waals surface area contributed by atoms with Crippen molar-refractivity contribution in [3.8, 4) is 22.4 Å². The first kappa shape index (κ1) is 13.9. The fourth-order valence-corrected chi connectivity index (χ4v) is 3.02. The third kappa shape index (κ3) is 2.17. The molecule has 108 valence electrons. The van der Waals surface area contributed by atoms with Crippen LogP contribution < -0.4 is 5.73 Å². The smallest absolute Gasteiger partial charge is 0.230 e. The van der Waals surface area contributed by atoms with Crippen LogP contribution in [0.3, 0.4) is 0 Å². The van der Waals surface area contributed by atoms with Crippen molar-refractivity contribution in [2.45, 2.75) is 20.8 Å². The van der Waals surface area contributed by atoms with Gasteiger partial charge in [0, 0.05) is 15.6 Å². The maximum Gasteiger partial charge on any atom is 0.230 e. The average molecular weight is 347 g/mol. The van der Waals surface area contributed by atoms with E-state index in [1.54, 1.807) is 0 Å². The number of hydrogen-bond donors (Lipinski definition) is 1. The summed E-state index contributed by atoms with van der Waals surface area (Å²) in [6, 6.07) is 7.85. The zero-order chi connectivity index (χ0) is 15.1. The first-order valence-electron chi connectivity index (χ1n) is 6.57. The summed E-state index contributed by atoms with van der Waals surface area (Å²) in [5.41, 5.74) is 10.4. The second-order valence-electron chi connectivity index (χ2n) is 4.96. The highest BCUT2D eigenvalue weighted by Crippen LogP contribution is 2.42. The van der Waals surface area contributed by atoms with Crippen LogP contribution in [0.4, 0.5) is 5.88 Å². The highest BCUT2D eigenvalue weighted by atomic mass is 79.9. The SMILES string of the molecule is Cc1oc(C)c(-c2noc(N)c2-c2ccccc2Br)c1C. The van der Waals surface area contributed by atoms with Gasteiger partial charge in [-0.25, -0.2) is 0 Å². The molecule has 0 atom stereocenters. The average Bonchev–Trinajstić information content (AvgIpc) is 2.92. The highest BCUT2D eigenvalue weighted by Gasteiger charge is 2.24. The van der Waals surface area contributed by atoms with Crippen molar-refractivity contribution in [2.75, 3.05) is 5.73 Å². The summed E-state index contributed by atoms with van der Waals surface area (Å²) in [7, 11) is 0. The molecule has 2 aromatic heterocycles. The molecule has 0 saturated carbocycles. The molecule has 0 radical (unpaired) electrons. The number of nitrogen functional groups attached to an aromatic ring is 1. The first-order valence-corrected chi connectivity index (χ1v) is 7.37. The summed E-state index contributed by atoms with van der Waals surface area (Å²) < 4.78 is 11.9. The first-order chi connectivity index (χ1) is 10.0. The van der Waals surface area contributed by atoms with Gasteiger partial charge in [0.15, 0.2) is 0 Å². The molecular formula is C16H15BrN2O2. The number of hydrogen-bond acceptors (Lipinski definition) is 4.